The van der Waals surface area contributed by atoms with Gasteiger partial charge in [0.1, 0.15) is 11.3 Å². The third-order valence-electron chi connectivity index (χ3n) is 4.19. The molecule has 2 aromatic rings. The molecule has 106 valence electrons. The van der Waals surface area contributed by atoms with Crippen molar-refractivity contribution in [2.75, 3.05) is 13.2 Å². The molecule has 3 rings (SSSR count). The van der Waals surface area contributed by atoms with E-state index in [4.69, 9.17) is 4.74 Å². The number of rotatable bonds is 2. The second kappa shape index (κ2) is 4.59. The first-order valence-corrected chi connectivity index (χ1v) is 6.82. The SMILES string of the molecule is Cc1nc2c(C(=O)O)cccc2n1C1(C)CCOCC1. The van der Waals surface area contributed by atoms with Crippen molar-refractivity contribution in [1.82, 2.24) is 9.55 Å². The second-order valence-corrected chi connectivity index (χ2v) is 5.58. The summed E-state index contributed by atoms with van der Waals surface area (Å²) in [6.45, 7) is 5.59. The maximum atomic E-state index is 11.3. The van der Waals surface area contributed by atoms with Crippen molar-refractivity contribution in [2.45, 2.75) is 32.2 Å². The van der Waals surface area contributed by atoms with Crippen molar-refractivity contribution in [2.24, 2.45) is 0 Å². The highest BCUT2D eigenvalue weighted by molar-refractivity contribution is 6.01. The van der Waals surface area contributed by atoms with E-state index in [9.17, 15) is 9.90 Å². The molecule has 1 aromatic carbocycles. The highest BCUT2D eigenvalue weighted by Gasteiger charge is 2.32. The van der Waals surface area contributed by atoms with E-state index in [2.05, 4.69) is 16.5 Å². The Balaban J connectivity index is 2.23. The molecule has 0 saturated carbocycles. The normalized spacial score (nSPS) is 18.3. The van der Waals surface area contributed by atoms with E-state index in [1.165, 1.54) is 0 Å². The van der Waals surface area contributed by atoms with Crippen LogP contribution in [-0.2, 0) is 10.3 Å². The summed E-state index contributed by atoms with van der Waals surface area (Å²) in [6, 6.07) is 5.34. The van der Waals surface area contributed by atoms with Gasteiger partial charge < -0.3 is 14.4 Å². The summed E-state index contributed by atoms with van der Waals surface area (Å²) in [5, 5.41) is 9.29. The Morgan fingerprint density at radius 2 is 2.10 bits per heavy atom. The van der Waals surface area contributed by atoms with Crippen LogP contribution in [0, 0.1) is 6.92 Å². The molecule has 5 nitrogen and oxygen atoms in total. The van der Waals surface area contributed by atoms with E-state index >= 15 is 0 Å². The molecule has 1 aliphatic heterocycles. The first-order valence-electron chi connectivity index (χ1n) is 6.82. The van der Waals surface area contributed by atoms with Crippen molar-refractivity contribution in [3.8, 4) is 0 Å². The fourth-order valence-electron chi connectivity index (χ4n) is 3.10. The van der Waals surface area contributed by atoms with Gasteiger partial charge in [-0.1, -0.05) is 6.07 Å². The topological polar surface area (TPSA) is 64.3 Å². The molecule has 0 aliphatic carbocycles. The third kappa shape index (κ3) is 1.89. The van der Waals surface area contributed by atoms with Gasteiger partial charge in [0.25, 0.3) is 0 Å². The Kier molecular flexibility index (Phi) is 3.01. The Bertz CT molecular complexity index is 669. The molecular formula is C15H18N2O3. The lowest BCUT2D eigenvalue weighted by Crippen LogP contribution is -2.37. The number of benzene rings is 1. The fraction of sp³-hybridized carbons (Fsp3) is 0.467. The first-order chi connectivity index (χ1) is 9.53. The number of carboxylic acid groups (broad SMARTS) is 1. The van der Waals surface area contributed by atoms with Crippen molar-refractivity contribution in [3.63, 3.8) is 0 Å². The van der Waals surface area contributed by atoms with E-state index in [-0.39, 0.29) is 11.1 Å². The molecule has 5 heteroatoms. The van der Waals surface area contributed by atoms with Gasteiger partial charge in [-0.25, -0.2) is 9.78 Å². The van der Waals surface area contributed by atoms with E-state index in [1.54, 1.807) is 12.1 Å². The number of fused-ring (bicyclic) bond motifs is 1. The number of aromatic carboxylic acids is 1. The largest absolute Gasteiger partial charge is 0.478 e. The smallest absolute Gasteiger partial charge is 0.337 e. The molecule has 0 amide bonds. The maximum Gasteiger partial charge on any atom is 0.337 e. The summed E-state index contributed by atoms with van der Waals surface area (Å²) >= 11 is 0. The van der Waals surface area contributed by atoms with Crippen molar-refractivity contribution in [1.29, 1.82) is 0 Å². The van der Waals surface area contributed by atoms with Crippen molar-refractivity contribution in [3.05, 3.63) is 29.6 Å². The lowest BCUT2D eigenvalue weighted by Gasteiger charge is -2.36. The van der Waals surface area contributed by atoms with Crippen LogP contribution < -0.4 is 0 Å². The Morgan fingerprint density at radius 1 is 1.40 bits per heavy atom. The van der Waals surface area contributed by atoms with Crippen LogP contribution in [0.2, 0.25) is 0 Å². The van der Waals surface area contributed by atoms with Gasteiger partial charge in [0, 0.05) is 18.8 Å². The molecule has 0 spiro atoms. The van der Waals surface area contributed by atoms with Gasteiger partial charge in [-0.05, 0) is 38.8 Å². The molecule has 1 aromatic heterocycles. The number of carbonyl (C=O) groups is 1. The number of aromatic nitrogens is 2. The average molecular weight is 274 g/mol. The van der Waals surface area contributed by atoms with Crippen LogP contribution in [-0.4, -0.2) is 33.8 Å². The lowest BCUT2D eigenvalue weighted by molar-refractivity contribution is 0.0303. The predicted octanol–water partition coefficient (Wildman–Crippen LogP) is 2.57. The minimum atomic E-state index is -0.933. The summed E-state index contributed by atoms with van der Waals surface area (Å²) in [7, 11) is 0. The molecule has 0 radical (unpaired) electrons. The van der Waals surface area contributed by atoms with Crippen molar-refractivity contribution < 1.29 is 14.6 Å². The molecule has 0 unspecified atom stereocenters. The zero-order valence-electron chi connectivity index (χ0n) is 11.7. The van der Waals surface area contributed by atoms with Crippen LogP contribution in [0.1, 0.15) is 35.9 Å². The zero-order chi connectivity index (χ0) is 14.3. The number of ether oxygens (including phenoxy) is 1. The van der Waals surface area contributed by atoms with Crippen LogP contribution in [0.25, 0.3) is 11.0 Å². The predicted molar refractivity (Wildman–Crippen MR) is 75.1 cm³/mol. The number of hydrogen-bond acceptors (Lipinski definition) is 3. The summed E-state index contributed by atoms with van der Waals surface area (Å²) in [5.74, 6) is -0.0736. The molecule has 2 heterocycles. The fourth-order valence-corrected chi connectivity index (χ4v) is 3.10. The Hall–Kier alpha value is -1.88. The van der Waals surface area contributed by atoms with Gasteiger partial charge in [-0.2, -0.15) is 0 Å². The summed E-state index contributed by atoms with van der Waals surface area (Å²) < 4.78 is 7.63. The molecule has 0 bridgehead atoms. The number of para-hydroxylation sites is 1. The van der Waals surface area contributed by atoms with Crippen LogP contribution in [0.4, 0.5) is 0 Å². The van der Waals surface area contributed by atoms with E-state index in [0.29, 0.717) is 5.52 Å². The van der Waals surface area contributed by atoms with Gasteiger partial charge in [0.15, 0.2) is 0 Å². The minimum absolute atomic E-state index is 0.0613. The van der Waals surface area contributed by atoms with Gasteiger partial charge in [-0.3, -0.25) is 0 Å². The summed E-state index contributed by atoms with van der Waals surface area (Å²) in [5.41, 5.74) is 1.67. The first kappa shape index (κ1) is 13.1. The van der Waals surface area contributed by atoms with Crippen LogP contribution in [0.15, 0.2) is 18.2 Å². The van der Waals surface area contributed by atoms with Gasteiger partial charge in [0.2, 0.25) is 0 Å². The lowest BCUT2D eigenvalue weighted by atomic mass is 9.91. The number of aryl methyl sites for hydroxylation is 1. The van der Waals surface area contributed by atoms with Gasteiger partial charge >= 0.3 is 5.97 Å². The van der Waals surface area contributed by atoms with E-state index < -0.39 is 5.97 Å². The summed E-state index contributed by atoms with van der Waals surface area (Å²) in [6.07, 6.45) is 1.83. The highest BCUT2D eigenvalue weighted by atomic mass is 16.5. The zero-order valence-corrected chi connectivity index (χ0v) is 11.7. The molecule has 1 fully saturated rings. The maximum absolute atomic E-state index is 11.3. The van der Waals surface area contributed by atoms with Gasteiger partial charge in [-0.15, -0.1) is 0 Å². The van der Waals surface area contributed by atoms with Gasteiger partial charge in [0.05, 0.1) is 11.1 Å². The quantitative estimate of drug-likeness (QED) is 0.914. The number of nitrogens with zero attached hydrogens (tertiary/aromatic N) is 2. The standard InChI is InChI=1S/C15H18N2O3/c1-10-16-13-11(14(18)19)4-3-5-12(13)17(10)15(2)6-8-20-9-7-15/h3-5H,6-9H2,1-2H3,(H,18,19). The Morgan fingerprint density at radius 3 is 2.75 bits per heavy atom. The molecule has 1 aliphatic rings. The van der Waals surface area contributed by atoms with Crippen LogP contribution >= 0.6 is 0 Å². The van der Waals surface area contributed by atoms with Crippen LogP contribution in [0.3, 0.4) is 0 Å². The Labute approximate surface area is 117 Å². The molecule has 1 saturated heterocycles. The third-order valence-corrected chi connectivity index (χ3v) is 4.19. The van der Waals surface area contributed by atoms with E-state index in [1.807, 2.05) is 13.0 Å². The van der Waals surface area contributed by atoms with E-state index in [0.717, 1.165) is 37.4 Å². The number of carboxylic acids is 1. The number of imidazole rings is 1. The summed E-state index contributed by atoms with van der Waals surface area (Å²) in [4.78, 5) is 15.8. The van der Waals surface area contributed by atoms with Crippen LogP contribution in [0.5, 0.6) is 0 Å². The molecule has 0 atom stereocenters. The monoisotopic (exact) mass is 274 g/mol. The van der Waals surface area contributed by atoms with Crippen molar-refractivity contribution >= 4 is 17.0 Å². The highest BCUT2D eigenvalue weighted by Crippen LogP contribution is 2.34. The molecular weight excluding hydrogens is 256 g/mol. The molecule has 20 heavy (non-hydrogen) atoms. The minimum Gasteiger partial charge on any atom is -0.478 e. The average Bonchev–Trinajstić information content (AvgIpc) is 2.75. The second-order valence-electron chi connectivity index (χ2n) is 5.58. The molecule has 1 N–H and O–H groups in total. The number of hydrogen-bond donors (Lipinski definition) is 1.